The molecule has 0 bridgehead atoms. The van der Waals surface area contributed by atoms with Crippen molar-refractivity contribution >= 4 is 0 Å². The summed E-state index contributed by atoms with van der Waals surface area (Å²) in [5, 5.41) is 4.54. The summed E-state index contributed by atoms with van der Waals surface area (Å²) in [6.07, 6.45) is 1.98. The highest BCUT2D eigenvalue weighted by atomic mass is 19.1. The molecule has 0 aliphatic carbocycles. The lowest BCUT2D eigenvalue weighted by Crippen LogP contribution is -2.34. The maximum atomic E-state index is 13.4. The molecular formula is C21H23FN4O2. The third kappa shape index (κ3) is 3.99. The summed E-state index contributed by atoms with van der Waals surface area (Å²) < 4.78 is 20.0. The fraction of sp³-hybridized carbons (Fsp3) is 0.333. The van der Waals surface area contributed by atoms with Crippen LogP contribution in [-0.4, -0.2) is 39.9 Å². The molecule has 6 nitrogen and oxygen atoms in total. The maximum absolute atomic E-state index is 13.4. The zero-order valence-corrected chi connectivity index (χ0v) is 15.8. The van der Waals surface area contributed by atoms with Crippen LogP contribution in [0.25, 0.3) is 5.69 Å². The Morgan fingerprint density at radius 3 is 2.82 bits per heavy atom. The zero-order chi connectivity index (χ0) is 19.5. The second kappa shape index (κ2) is 7.98. The van der Waals surface area contributed by atoms with Gasteiger partial charge in [-0.1, -0.05) is 12.1 Å². The van der Waals surface area contributed by atoms with Gasteiger partial charge in [-0.3, -0.25) is 9.88 Å². The van der Waals surface area contributed by atoms with Crippen LogP contribution in [0.1, 0.15) is 30.1 Å². The van der Waals surface area contributed by atoms with Gasteiger partial charge in [0.2, 0.25) is 0 Å². The summed E-state index contributed by atoms with van der Waals surface area (Å²) in [5.41, 5.74) is 1.40. The van der Waals surface area contributed by atoms with Crippen LogP contribution in [0.5, 0.6) is 5.75 Å². The van der Waals surface area contributed by atoms with E-state index in [4.69, 9.17) is 4.74 Å². The van der Waals surface area contributed by atoms with Gasteiger partial charge >= 0.3 is 5.69 Å². The molecule has 0 amide bonds. The molecule has 1 unspecified atom stereocenters. The van der Waals surface area contributed by atoms with Gasteiger partial charge in [0.25, 0.3) is 0 Å². The highest BCUT2D eigenvalue weighted by Gasteiger charge is 2.25. The van der Waals surface area contributed by atoms with Crippen molar-refractivity contribution in [3.8, 4) is 11.4 Å². The monoisotopic (exact) mass is 382 g/mol. The molecule has 1 saturated heterocycles. The summed E-state index contributed by atoms with van der Waals surface area (Å²) in [7, 11) is 1.60. The van der Waals surface area contributed by atoms with Crippen LogP contribution in [-0.2, 0) is 6.54 Å². The Hall–Kier alpha value is -2.93. The van der Waals surface area contributed by atoms with E-state index in [0.29, 0.717) is 18.1 Å². The zero-order valence-electron chi connectivity index (χ0n) is 15.8. The molecular weight excluding hydrogens is 359 g/mol. The number of halogens is 1. The van der Waals surface area contributed by atoms with Gasteiger partial charge in [-0.2, -0.15) is 4.68 Å². The van der Waals surface area contributed by atoms with Crippen LogP contribution < -0.4 is 10.4 Å². The number of nitrogens with zero attached hydrogens (tertiary/aromatic N) is 3. The van der Waals surface area contributed by atoms with Crippen molar-refractivity contribution in [2.75, 3.05) is 20.2 Å². The second-order valence-electron chi connectivity index (χ2n) is 7.13. The van der Waals surface area contributed by atoms with Crippen LogP contribution in [0.3, 0.4) is 0 Å². The second-order valence-corrected chi connectivity index (χ2v) is 7.13. The summed E-state index contributed by atoms with van der Waals surface area (Å²) in [5.74, 6) is 1.36. The predicted octanol–water partition coefficient (Wildman–Crippen LogP) is 3.09. The van der Waals surface area contributed by atoms with E-state index in [0.717, 1.165) is 37.2 Å². The van der Waals surface area contributed by atoms with E-state index in [1.165, 1.54) is 10.7 Å². The van der Waals surface area contributed by atoms with Gasteiger partial charge in [-0.25, -0.2) is 9.18 Å². The average Bonchev–Trinajstić information content (AvgIpc) is 3.10. The number of hydrogen-bond donors (Lipinski definition) is 1. The molecule has 1 aliphatic heterocycles. The van der Waals surface area contributed by atoms with Gasteiger partial charge < -0.3 is 4.74 Å². The molecule has 1 atom stereocenters. The molecule has 7 heteroatoms. The molecule has 0 spiro atoms. The van der Waals surface area contributed by atoms with Gasteiger partial charge in [0.1, 0.15) is 17.4 Å². The third-order valence-electron chi connectivity index (χ3n) is 5.14. The first kappa shape index (κ1) is 18.4. The number of nitrogens with one attached hydrogen (secondary N) is 1. The average molecular weight is 382 g/mol. The van der Waals surface area contributed by atoms with E-state index in [1.54, 1.807) is 31.4 Å². The first-order valence-electron chi connectivity index (χ1n) is 9.43. The molecule has 1 aliphatic rings. The lowest BCUT2D eigenvalue weighted by Gasteiger charge is -2.31. The molecule has 0 saturated carbocycles. The molecule has 1 fully saturated rings. The minimum Gasteiger partial charge on any atom is -0.497 e. The van der Waals surface area contributed by atoms with E-state index in [-0.39, 0.29) is 17.4 Å². The number of likely N-dealkylation sites (tertiary alicyclic amines) is 1. The Balaban J connectivity index is 1.50. The topological polar surface area (TPSA) is 63.1 Å². The van der Waals surface area contributed by atoms with Crippen molar-refractivity contribution < 1.29 is 9.13 Å². The molecule has 1 aromatic heterocycles. The smallest absolute Gasteiger partial charge is 0.348 e. The number of aromatic nitrogens is 3. The molecule has 1 N–H and O–H groups in total. The van der Waals surface area contributed by atoms with Gasteiger partial charge in [-0.15, -0.1) is 5.10 Å². The summed E-state index contributed by atoms with van der Waals surface area (Å²) in [4.78, 5) is 17.6. The van der Waals surface area contributed by atoms with E-state index in [9.17, 15) is 9.18 Å². The van der Waals surface area contributed by atoms with Crippen molar-refractivity contribution in [1.82, 2.24) is 19.7 Å². The molecule has 4 rings (SSSR count). The first-order chi connectivity index (χ1) is 13.6. The number of ether oxygens (including phenoxy) is 1. The van der Waals surface area contributed by atoms with E-state index < -0.39 is 0 Å². The molecule has 28 heavy (non-hydrogen) atoms. The van der Waals surface area contributed by atoms with Crippen molar-refractivity contribution in [2.24, 2.45) is 0 Å². The minimum atomic E-state index is -0.248. The maximum Gasteiger partial charge on any atom is 0.348 e. The number of aromatic amines is 1. The predicted molar refractivity (Wildman–Crippen MR) is 104 cm³/mol. The Morgan fingerprint density at radius 2 is 2.07 bits per heavy atom. The van der Waals surface area contributed by atoms with E-state index in [2.05, 4.69) is 15.0 Å². The number of hydrogen-bond acceptors (Lipinski definition) is 4. The molecule has 3 aromatic rings. The van der Waals surface area contributed by atoms with Crippen LogP contribution in [0.15, 0.2) is 53.3 Å². The number of benzene rings is 2. The van der Waals surface area contributed by atoms with Crippen molar-refractivity contribution in [2.45, 2.75) is 25.3 Å². The normalized spacial score (nSPS) is 17.6. The summed E-state index contributed by atoms with van der Waals surface area (Å²) >= 11 is 0. The van der Waals surface area contributed by atoms with Gasteiger partial charge in [0.05, 0.1) is 12.8 Å². The first-order valence-corrected chi connectivity index (χ1v) is 9.43. The van der Waals surface area contributed by atoms with E-state index in [1.807, 2.05) is 18.2 Å². The lowest BCUT2D eigenvalue weighted by atomic mass is 9.97. The van der Waals surface area contributed by atoms with Gasteiger partial charge in [-0.05, 0) is 61.3 Å². The largest absolute Gasteiger partial charge is 0.497 e. The summed E-state index contributed by atoms with van der Waals surface area (Å²) in [6, 6.07) is 13.9. The Labute approximate surface area is 162 Å². The third-order valence-corrected chi connectivity index (χ3v) is 5.14. The summed E-state index contributed by atoms with van der Waals surface area (Å²) in [6.45, 7) is 2.43. The highest BCUT2D eigenvalue weighted by Crippen LogP contribution is 2.25. The van der Waals surface area contributed by atoms with Crippen LogP contribution in [0.4, 0.5) is 4.39 Å². The SMILES string of the molecule is COc1ccc(-n2nc(C3CCCN(Cc4cccc(F)c4)C3)[nH]c2=O)cc1. The molecule has 0 radical (unpaired) electrons. The van der Waals surface area contributed by atoms with Crippen molar-refractivity contribution in [3.05, 3.63) is 76.2 Å². The molecule has 2 heterocycles. The number of methoxy groups -OCH3 is 1. The number of piperidine rings is 1. The lowest BCUT2D eigenvalue weighted by molar-refractivity contribution is 0.196. The minimum absolute atomic E-state index is 0.148. The number of H-pyrrole nitrogens is 1. The standard InChI is InChI=1S/C21H23FN4O2/c1-28-19-9-7-18(8-10-19)26-21(27)23-20(24-26)16-5-3-11-25(14-16)13-15-4-2-6-17(22)12-15/h2,4,6-10,12,16H,3,5,11,13-14H2,1H3,(H,23,24,27). The molecule has 2 aromatic carbocycles. The fourth-order valence-electron chi connectivity index (χ4n) is 3.74. The van der Waals surface area contributed by atoms with Gasteiger partial charge in [0, 0.05) is 19.0 Å². The van der Waals surface area contributed by atoms with Crippen molar-refractivity contribution in [1.29, 1.82) is 0 Å². The van der Waals surface area contributed by atoms with Crippen molar-refractivity contribution in [3.63, 3.8) is 0 Å². The molecule has 146 valence electrons. The van der Waals surface area contributed by atoms with Crippen LogP contribution in [0.2, 0.25) is 0 Å². The Kier molecular flexibility index (Phi) is 5.25. The van der Waals surface area contributed by atoms with Gasteiger partial charge in [0.15, 0.2) is 0 Å². The fourth-order valence-corrected chi connectivity index (χ4v) is 3.74. The quantitative estimate of drug-likeness (QED) is 0.737. The highest BCUT2D eigenvalue weighted by molar-refractivity contribution is 5.36. The Morgan fingerprint density at radius 1 is 1.25 bits per heavy atom. The number of rotatable bonds is 5. The van der Waals surface area contributed by atoms with Crippen LogP contribution in [0, 0.1) is 5.82 Å². The van der Waals surface area contributed by atoms with E-state index >= 15 is 0 Å². The Bertz CT molecular complexity index is 996. The van der Waals surface area contributed by atoms with Crippen LogP contribution >= 0.6 is 0 Å².